The van der Waals surface area contributed by atoms with Crippen LogP contribution in [0.15, 0.2) is 65.8 Å². The second-order valence-electron chi connectivity index (χ2n) is 9.30. The highest BCUT2D eigenvalue weighted by Crippen LogP contribution is 2.38. The molecule has 0 bridgehead atoms. The number of hydrogen-bond donors (Lipinski definition) is 1. The minimum absolute atomic E-state index is 0.159. The van der Waals surface area contributed by atoms with E-state index in [9.17, 15) is 5.11 Å². The van der Waals surface area contributed by atoms with Gasteiger partial charge < -0.3 is 14.3 Å². The van der Waals surface area contributed by atoms with E-state index in [1.54, 1.807) is 0 Å². The van der Waals surface area contributed by atoms with Gasteiger partial charge in [0.2, 0.25) is 0 Å². The molecular weight excluding hydrogens is 438 g/mol. The first kappa shape index (κ1) is 24.8. The molecular formula is C24H33N3O3SSi. The van der Waals surface area contributed by atoms with Gasteiger partial charge in [-0.15, -0.1) is 11.8 Å². The summed E-state index contributed by atoms with van der Waals surface area (Å²) in [6.45, 7) is 8.84. The average Bonchev–Trinajstić information content (AvgIpc) is 2.79. The molecule has 2 aromatic carbocycles. The van der Waals surface area contributed by atoms with Crippen LogP contribution in [0.25, 0.3) is 10.4 Å². The molecule has 32 heavy (non-hydrogen) atoms. The first-order valence-corrected chi connectivity index (χ1v) is 14.1. The van der Waals surface area contributed by atoms with Crippen LogP contribution in [0.4, 0.5) is 0 Å². The molecule has 0 aliphatic carbocycles. The van der Waals surface area contributed by atoms with Crippen LogP contribution in [-0.2, 0) is 9.16 Å². The van der Waals surface area contributed by atoms with Crippen molar-refractivity contribution in [1.82, 2.24) is 0 Å². The molecule has 1 aliphatic rings. The molecule has 0 radical (unpaired) electrons. The molecule has 172 valence electrons. The normalized spacial score (nSPS) is 26.4. The molecule has 2 aromatic rings. The lowest BCUT2D eigenvalue weighted by Gasteiger charge is -2.46. The summed E-state index contributed by atoms with van der Waals surface area (Å²) >= 11 is 1.49. The molecule has 0 aromatic heterocycles. The van der Waals surface area contributed by atoms with Crippen LogP contribution in [-0.4, -0.2) is 50.0 Å². The molecule has 0 saturated carbocycles. The SMILES string of the molecule is CSC1OC(CO[Si](c2ccccc2)(c2ccccc2)C(C)(C)C)[C@H](O)[C@H](C)[C@H]1N=[N+]=[N-]. The zero-order valence-electron chi connectivity index (χ0n) is 19.4. The highest BCUT2D eigenvalue weighted by atomic mass is 32.2. The number of aliphatic hydroxyl groups is 1. The van der Waals surface area contributed by atoms with E-state index in [2.05, 4.69) is 79.3 Å². The van der Waals surface area contributed by atoms with E-state index in [0.717, 1.165) is 0 Å². The minimum Gasteiger partial charge on any atom is -0.405 e. The number of ether oxygens (including phenoxy) is 1. The number of hydrogen-bond acceptors (Lipinski definition) is 5. The fourth-order valence-electron chi connectivity index (χ4n) is 4.64. The van der Waals surface area contributed by atoms with Crippen molar-refractivity contribution in [1.29, 1.82) is 0 Å². The van der Waals surface area contributed by atoms with Gasteiger partial charge >= 0.3 is 0 Å². The van der Waals surface area contributed by atoms with Crippen LogP contribution in [0.3, 0.4) is 0 Å². The topological polar surface area (TPSA) is 87.5 Å². The fourth-order valence-corrected chi connectivity index (χ4v) is 10.0. The van der Waals surface area contributed by atoms with Crippen molar-refractivity contribution in [2.45, 2.75) is 56.4 Å². The summed E-state index contributed by atoms with van der Waals surface area (Å²) in [5.41, 5.74) is 8.62. The zero-order chi connectivity index (χ0) is 23.4. The highest BCUT2D eigenvalue weighted by Gasteiger charge is 2.51. The zero-order valence-corrected chi connectivity index (χ0v) is 21.2. The van der Waals surface area contributed by atoms with Gasteiger partial charge in [0.05, 0.1) is 18.8 Å². The van der Waals surface area contributed by atoms with Gasteiger partial charge in [0.15, 0.2) is 0 Å². The number of benzene rings is 2. The van der Waals surface area contributed by atoms with Gasteiger partial charge in [0.1, 0.15) is 11.5 Å². The first-order chi connectivity index (χ1) is 15.3. The molecule has 1 saturated heterocycles. The van der Waals surface area contributed by atoms with Crippen molar-refractivity contribution in [2.75, 3.05) is 12.9 Å². The molecule has 1 aliphatic heterocycles. The smallest absolute Gasteiger partial charge is 0.261 e. The highest BCUT2D eigenvalue weighted by molar-refractivity contribution is 7.99. The molecule has 1 N–H and O–H groups in total. The van der Waals surface area contributed by atoms with Gasteiger partial charge in [-0.25, -0.2) is 0 Å². The van der Waals surface area contributed by atoms with E-state index in [0.29, 0.717) is 0 Å². The maximum atomic E-state index is 11.0. The molecule has 2 unspecified atom stereocenters. The van der Waals surface area contributed by atoms with E-state index in [4.69, 9.17) is 14.7 Å². The van der Waals surface area contributed by atoms with Crippen molar-refractivity contribution < 1.29 is 14.3 Å². The fraction of sp³-hybridized carbons (Fsp3) is 0.500. The van der Waals surface area contributed by atoms with Gasteiger partial charge in [0.25, 0.3) is 8.32 Å². The number of nitrogens with zero attached hydrogens (tertiary/aromatic N) is 3. The molecule has 8 heteroatoms. The Balaban J connectivity index is 1.99. The standard InChI is InChI=1S/C24H33N3O3SSi/c1-17-21(26-27-25)23(31-5)30-20(22(17)28)16-29-32(24(2,3)4,18-12-8-6-9-13-18)19-14-10-7-11-15-19/h6-15,17,20-23,28H,16H2,1-5H3/t17-,20?,21-,22-,23?/m1/s1. The second kappa shape index (κ2) is 10.4. The van der Waals surface area contributed by atoms with Crippen molar-refractivity contribution in [3.63, 3.8) is 0 Å². The van der Waals surface area contributed by atoms with Gasteiger partial charge in [-0.05, 0) is 33.1 Å². The first-order valence-electron chi connectivity index (χ1n) is 10.9. The summed E-state index contributed by atoms with van der Waals surface area (Å²) < 4.78 is 13.2. The summed E-state index contributed by atoms with van der Waals surface area (Å²) in [4.78, 5) is 2.96. The van der Waals surface area contributed by atoms with Crippen LogP contribution < -0.4 is 10.4 Å². The van der Waals surface area contributed by atoms with E-state index in [1.807, 2.05) is 25.3 Å². The Kier molecular flexibility index (Phi) is 8.09. The van der Waals surface area contributed by atoms with E-state index >= 15 is 0 Å². The van der Waals surface area contributed by atoms with Gasteiger partial charge in [-0.1, -0.05) is 93.5 Å². The summed E-state index contributed by atoms with van der Waals surface area (Å²) in [5, 5.41) is 17.1. The van der Waals surface area contributed by atoms with E-state index in [1.165, 1.54) is 22.1 Å². The maximum Gasteiger partial charge on any atom is 0.261 e. The quantitative estimate of drug-likeness (QED) is 0.282. The Morgan fingerprint density at radius 2 is 1.62 bits per heavy atom. The molecule has 3 rings (SSSR count). The number of azide groups is 1. The maximum absolute atomic E-state index is 11.0. The van der Waals surface area contributed by atoms with Crippen LogP contribution in [0, 0.1) is 5.92 Å². The molecule has 5 atom stereocenters. The Morgan fingerprint density at radius 3 is 2.06 bits per heavy atom. The summed E-state index contributed by atoms with van der Waals surface area (Å²) in [6.07, 6.45) is 0.635. The van der Waals surface area contributed by atoms with Gasteiger partial charge in [0, 0.05) is 4.91 Å². The largest absolute Gasteiger partial charge is 0.405 e. The Hall–Kier alpha value is -1.80. The third-order valence-corrected chi connectivity index (χ3v) is 12.2. The monoisotopic (exact) mass is 471 g/mol. The van der Waals surface area contributed by atoms with Crippen LogP contribution >= 0.6 is 11.8 Å². The van der Waals surface area contributed by atoms with Crippen LogP contribution in [0.2, 0.25) is 5.04 Å². The predicted octanol–water partition coefficient (Wildman–Crippen LogP) is 4.33. The summed E-state index contributed by atoms with van der Waals surface area (Å²) in [7, 11) is -2.73. The van der Waals surface area contributed by atoms with Crippen molar-refractivity contribution >= 4 is 30.5 Å². The van der Waals surface area contributed by atoms with Gasteiger partial charge in [-0.3, -0.25) is 0 Å². The van der Waals surface area contributed by atoms with Crippen molar-refractivity contribution in [3.05, 3.63) is 71.1 Å². The third kappa shape index (κ3) is 4.76. The average molecular weight is 472 g/mol. The molecule has 0 spiro atoms. The Labute approximate surface area is 196 Å². The summed E-state index contributed by atoms with van der Waals surface area (Å²) in [6, 6.07) is 20.4. The lowest BCUT2D eigenvalue weighted by molar-refractivity contribution is -0.135. The van der Waals surface area contributed by atoms with E-state index in [-0.39, 0.29) is 23.0 Å². The van der Waals surface area contributed by atoms with Crippen LogP contribution in [0.5, 0.6) is 0 Å². The van der Waals surface area contributed by atoms with E-state index < -0.39 is 26.6 Å². The molecule has 1 heterocycles. The minimum atomic E-state index is -2.73. The predicted molar refractivity (Wildman–Crippen MR) is 134 cm³/mol. The molecule has 1 fully saturated rings. The Morgan fingerprint density at radius 1 is 1.09 bits per heavy atom. The second-order valence-corrected chi connectivity index (χ2v) is 14.5. The molecule has 6 nitrogen and oxygen atoms in total. The number of rotatable bonds is 7. The lowest BCUT2D eigenvalue weighted by atomic mass is 9.90. The van der Waals surface area contributed by atoms with Crippen LogP contribution in [0.1, 0.15) is 27.7 Å². The number of thioether (sulfide) groups is 1. The number of aliphatic hydroxyl groups excluding tert-OH is 1. The summed E-state index contributed by atoms with van der Waals surface area (Å²) in [5.74, 6) is -0.232. The van der Waals surface area contributed by atoms with Crippen molar-refractivity contribution in [2.24, 2.45) is 11.0 Å². The Bertz CT molecular complexity index is 878. The lowest BCUT2D eigenvalue weighted by Crippen LogP contribution is -2.67. The van der Waals surface area contributed by atoms with Gasteiger partial charge in [-0.2, -0.15) is 0 Å². The molecule has 0 amide bonds. The van der Waals surface area contributed by atoms with Crippen molar-refractivity contribution in [3.8, 4) is 0 Å². The third-order valence-electron chi connectivity index (χ3n) is 6.34.